The van der Waals surface area contributed by atoms with Crippen LogP contribution in [0.5, 0.6) is 0 Å². The van der Waals surface area contributed by atoms with Gasteiger partial charge in [0.25, 0.3) is 0 Å². The van der Waals surface area contributed by atoms with Crippen LogP contribution in [0, 0.1) is 0 Å². The van der Waals surface area contributed by atoms with Gasteiger partial charge in [-0.15, -0.1) is 0 Å². The zero-order valence-electron chi connectivity index (χ0n) is 9.23. The summed E-state index contributed by atoms with van der Waals surface area (Å²) < 4.78 is 1.01. The Morgan fingerprint density at radius 3 is 2.18 bits per heavy atom. The van der Waals surface area contributed by atoms with Gasteiger partial charge in [0.05, 0.1) is 0 Å². The van der Waals surface area contributed by atoms with Crippen molar-refractivity contribution in [3.63, 3.8) is 0 Å². The predicted molar refractivity (Wildman–Crippen MR) is 62.4 cm³/mol. The van der Waals surface area contributed by atoms with Gasteiger partial charge in [0, 0.05) is 22.9 Å². The Morgan fingerprint density at radius 2 is 1.59 bits per heavy atom. The zero-order valence-corrected chi connectivity index (χ0v) is 10.8. The van der Waals surface area contributed by atoms with Crippen molar-refractivity contribution in [2.75, 3.05) is 0 Å². The van der Waals surface area contributed by atoms with Crippen LogP contribution in [0.4, 0.5) is 0 Å². The summed E-state index contributed by atoms with van der Waals surface area (Å²) in [7, 11) is 0. The van der Waals surface area contributed by atoms with Crippen molar-refractivity contribution in [1.29, 1.82) is 0 Å². The van der Waals surface area contributed by atoms with Crippen LogP contribution in [0.3, 0.4) is 0 Å². The van der Waals surface area contributed by atoms with E-state index in [1.165, 1.54) is 0 Å². The minimum Gasteiger partial charge on any atom is -0.195 e. The molecule has 3 rings (SSSR count). The Bertz CT molecular complexity index is 376. The van der Waals surface area contributed by atoms with Crippen LogP contribution < -0.4 is 0 Å². The maximum Gasteiger partial charge on any atom is 0.249 e. The van der Waals surface area contributed by atoms with Crippen molar-refractivity contribution in [3.05, 3.63) is 34.3 Å². The molecule has 1 spiro atoms. The second kappa shape index (κ2) is 4.66. The summed E-state index contributed by atoms with van der Waals surface area (Å²) in [5.41, 5.74) is 0.862. The van der Waals surface area contributed by atoms with Crippen LogP contribution in [0.15, 0.2) is 28.7 Å². The fourth-order valence-corrected chi connectivity index (χ4v) is 2.37. The van der Waals surface area contributed by atoms with E-state index >= 15 is 0 Å². The molecule has 17 heavy (non-hydrogen) atoms. The van der Waals surface area contributed by atoms with Crippen molar-refractivity contribution < 1.29 is 19.6 Å². The van der Waals surface area contributed by atoms with E-state index in [9.17, 15) is 0 Å². The second-order valence-electron chi connectivity index (χ2n) is 4.36. The van der Waals surface area contributed by atoms with Gasteiger partial charge in [-0.1, -0.05) is 28.1 Å². The standard InChI is InChI=1S/C12H13BrO4/c13-10-5-3-9(4-6-10)11-14-16-12(17-15-11)7-1-2-8-12/h3-6,11H,1-2,7-8H2. The highest BCUT2D eigenvalue weighted by molar-refractivity contribution is 9.10. The van der Waals surface area contributed by atoms with E-state index in [4.69, 9.17) is 19.6 Å². The summed E-state index contributed by atoms with van der Waals surface area (Å²) >= 11 is 3.37. The van der Waals surface area contributed by atoms with E-state index in [-0.39, 0.29) is 0 Å². The van der Waals surface area contributed by atoms with Gasteiger partial charge in [0.15, 0.2) is 0 Å². The summed E-state index contributed by atoms with van der Waals surface area (Å²) in [5.74, 6) is -0.675. The third-order valence-corrected chi connectivity index (χ3v) is 3.61. The molecular formula is C12H13BrO4. The van der Waals surface area contributed by atoms with Gasteiger partial charge in [-0.3, -0.25) is 0 Å². The molecule has 1 aromatic carbocycles. The lowest BCUT2D eigenvalue weighted by molar-refractivity contribution is -0.629. The summed E-state index contributed by atoms with van der Waals surface area (Å²) in [6.07, 6.45) is 3.18. The minimum atomic E-state index is -0.675. The number of benzene rings is 1. The summed E-state index contributed by atoms with van der Waals surface area (Å²) in [6.45, 7) is 0. The summed E-state index contributed by atoms with van der Waals surface area (Å²) in [4.78, 5) is 21.3. The van der Waals surface area contributed by atoms with E-state index in [0.717, 1.165) is 35.7 Å². The number of hydrogen-bond donors (Lipinski definition) is 0. The molecule has 1 saturated heterocycles. The molecule has 0 unspecified atom stereocenters. The fourth-order valence-electron chi connectivity index (χ4n) is 2.10. The van der Waals surface area contributed by atoms with Crippen LogP contribution in [-0.2, 0) is 19.6 Å². The number of hydrogen-bond acceptors (Lipinski definition) is 4. The third-order valence-electron chi connectivity index (χ3n) is 3.08. The molecule has 1 aromatic rings. The first kappa shape index (κ1) is 11.6. The third kappa shape index (κ3) is 2.39. The first-order valence-corrected chi connectivity index (χ1v) is 6.51. The minimum absolute atomic E-state index is 0.616. The van der Waals surface area contributed by atoms with Gasteiger partial charge >= 0.3 is 0 Å². The molecule has 0 atom stereocenters. The molecule has 0 N–H and O–H groups in total. The quantitative estimate of drug-likeness (QED) is 0.742. The molecule has 5 heteroatoms. The Morgan fingerprint density at radius 1 is 1.00 bits per heavy atom. The number of halogens is 1. The molecule has 1 aliphatic heterocycles. The van der Waals surface area contributed by atoms with Gasteiger partial charge in [0.2, 0.25) is 12.1 Å². The average Bonchev–Trinajstić information content (AvgIpc) is 2.80. The molecule has 0 aromatic heterocycles. The molecule has 0 amide bonds. The highest BCUT2D eigenvalue weighted by Gasteiger charge is 2.44. The maximum atomic E-state index is 5.36. The fraction of sp³-hybridized carbons (Fsp3) is 0.500. The van der Waals surface area contributed by atoms with Crippen LogP contribution in [-0.4, -0.2) is 5.79 Å². The van der Waals surface area contributed by atoms with E-state index in [2.05, 4.69) is 15.9 Å². The van der Waals surface area contributed by atoms with Crippen molar-refractivity contribution in [2.24, 2.45) is 0 Å². The molecule has 1 heterocycles. The van der Waals surface area contributed by atoms with E-state index in [1.54, 1.807) is 0 Å². The van der Waals surface area contributed by atoms with Crippen molar-refractivity contribution in [2.45, 2.75) is 37.8 Å². The molecule has 92 valence electrons. The summed E-state index contributed by atoms with van der Waals surface area (Å²) in [6, 6.07) is 7.63. The normalized spacial score (nSPS) is 24.3. The topological polar surface area (TPSA) is 36.9 Å². The van der Waals surface area contributed by atoms with Crippen molar-refractivity contribution >= 4 is 15.9 Å². The van der Waals surface area contributed by atoms with Crippen LogP contribution in [0.25, 0.3) is 0 Å². The van der Waals surface area contributed by atoms with Crippen molar-refractivity contribution in [3.8, 4) is 0 Å². The average molecular weight is 301 g/mol. The molecule has 1 saturated carbocycles. The van der Waals surface area contributed by atoms with Crippen LogP contribution in [0.1, 0.15) is 37.5 Å². The van der Waals surface area contributed by atoms with Gasteiger partial charge in [-0.2, -0.15) is 19.6 Å². The van der Waals surface area contributed by atoms with E-state index in [0.29, 0.717) is 0 Å². The molecule has 0 bridgehead atoms. The monoisotopic (exact) mass is 300 g/mol. The van der Waals surface area contributed by atoms with Gasteiger partial charge < -0.3 is 0 Å². The predicted octanol–water partition coefficient (Wildman–Crippen LogP) is 3.63. The highest BCUT2D eigenvalue weighted by Crippen LogP contribution is 2.40. The van der Waals surface area contributed by atoms with E-state index < -0.39 is 12.1 Å². The first-order chi connectivity index (χ1) is 8.27. The Hall–Kier alpha value is -0.460. The highest BCUT2D eigenvalue weighted by atomic mass is 79.9. The molecule has 0 radical (unpaired) electrons. The molecular weight excluding hydrogens is 288 g/mol. The molecule has 2 aliphatic rings. The number of rotatable bonds is 1. The second-order valence-corrected chi connectivity index (χ2v) is 5.28. The smallest absolute Gasteiger partial charge is 0.195 e. The summed E-state index contributed by atoms with van der Waals surface area (Å²) in [5, 5.41) is 0. The Labute approximate surface area is 108 Å². The Balaban J connectivity index is 1.66. The van der Waals surface area contributed by atoms with Gasteiger partial charge in [-0.05, 0) is 25.0 Å². The van der Waals surface area contributed by atoms with Crippen molar-refractivity contribution in [1.82, 2.24) is 0 Å². The largest absolute Gasteiger partial charge is 0.249 e. The lowest BCUT2D eigenvalue weighted by Crippen LogP contribution is -2.38. The molecule has 4 nitrogen and oxygen atoms in total. The molecule has 1 aliphatic carbocycles. The SMILES string of the molecule is Brc1ccc(C2OOC3(CCCC3)OO2)cc1. The van der Waals surface area contributed by atoms with Crippen LogP contribution >= 0.6 is 15.9 Å². The zero-order chi connectivity index (χ0) is 11.7. The maximum absolute atomic E-state index is 5.36. The lowest BCUT2D eigenvalue weighted by atomic mass is 10.2. The van der Waals surface area contributed by atoms with Gasteiger partial charge in [0.1, 0.15) is 0 Å². The molecule has 2 fully saturated rings. The lowest BCUT2D eigenvalue weighted by Gasteiger charge is -2.34. The van der Waals surface area contributed by atoms with E-state index in [1.807, 2.05) is 24.3 Å². The van der Waals surface area contributed by atoms with Gasteiger partial charge in [-0.25, -0.2) is 0 Å². The van der Waals surface area contributed by atoms with Crippen LogP contribution in [0.2, 0.25) is 0 Å². The first-order valence-electron chi connectivity index (χ1n) is 5.72. The Kier molecular flexibility index (Phi) is 3.19.